The number of nitrogens with zero attached hydrogens (tertiary/aromatic N) is 3. The molecule has 1 N–H and O–H groups in total. The number of allylic oxidation sites excluding steroid dienone is 1. The van der Waals surface area contributed by atoms with Gasteiger partial charge < -0.3 is 5.32 Å². The Morgan fingerprint density at radius 1 is 1.39 bits per heavy atom. The summed E-state index contributed by atoms with van der Waals surface area (Å²) >= 11 is 2.81. The van der Waals surface area contributed by atoms with Crippen molar-refractivity contribution in [1.29, 1.82) is 0 Å². The average molecular weight is 419 g/mol. The molecule has 148 valence electrons. The Kier molecular flexibility index (Phi) is 5.29. The molecule has 0 aromatic carbocycles. The Bertz CT molecular complexity index is 1030. The summed E-state index contributed by atoms with van der Waals surface area (Å²) in [5.41, 5.74) is 1.08. The number of carbonyl (C=O) groups is 2. The van der Waals surface area contributed by atoms with Gasteiger partial charge in [-0.1, -0.05) is 17.8 Å². The molecule has 0 unspecified atom stereocenters. The molecule has 7 nitrogen and oxygen atoms in total. The molecule has 0 radical (unpaired) electrons. The summed E-state index contributed by atoms with van der Waals surface area (Å²) in [5, 5.41) is 3.33. The first-order chi connectivity index (χ1) is 13.5. The van der Waals surface area contributed by atoms with Crippen LogP contribution in [0.15, 0.2) is 22.6 Å². The van der Waals surface area contributed by atoms with Gasteiger partial charge in [0.1, 0.15) is 4.83 Å². The van der Waals surface area contributed by atoms with E-state index in [9.17, 15) is 14.4 Å². The number of thioether (sulfide) groups is 1. The van der Waals surface area contributed by atoms with E-state index in [1.54, 1.807) is 28.9 Å². The van der Waals surface area contributed by atoms with E-state index in [0.717, 1.165) is 41.5 Å². The van der Waals surface area contributed by atoms with E-state index in [-0.39, 0.29) is 17.5 Å². The largest absolute Gasteiger partial charge is 0.336 e. The van der Waals surface area contributed by atoms with E-state index in [1.807, 2.05) is 0 Å². The van der Waals surface area contributed by atoms with E-state index < -0.39 is 5.25 Å². The Morgan fingerprint density at radius 2 is 2.18 bits per heavy atom. The summed E-state index contributed by atoms with van der Waals surface area (Å²) in [6, 6.07) is -0.365. The second-order valence-corrected chi connectivity index (χ2v) is 9.36. The summed E-state index contributed by atoms with van der Waals surface area (Å²) in [4.78, 5) is 45.7. The van der Waals surface area contributed by atoms with Crippen LogP contribution in [0.4, 0.5) is 4.79 Å². The fraction of sp³-hybridized carbons (Fsp3) is 0.474. The highest BCUT2D eigenvalue weighted by Crippen LogP contribution is 2.35. The molecule has 0 saturated carbocycles. The monoisotopic (exact) mass is 418 g/mol. The fourth-order valence-corrected chi connectivity index (χ4v) is 5.99. The zero-order chi connectivity index (χ0) is 19.8. The lowest BCUT2D eigenvalue weighted by Crippen LogP contribution is -2.39. The van der Waals surface area contributed by atoms with Crippen LogP contribution in [-0.2, 0) is 24.2 Å². The molecular formula is C19H22N4O3S2. The van der Waals surface area contributed by atoms with Gasteiger partial charge in [-0.05, 0) is 38.2 Å². The first-order valence-electron chi connectivity index (χ1n) is 9.43. The smallest absolute Gasteiger partial charge is 0.324 e. The maximum Gasteiger partial charge on any atom is 0.324 e. The summed E-state index contributed by atoms with van der Waals surface area (Å²) in [7, 11) is 0. The number of nitrogens with one attached hydrogen (secondary N) is 1. The van der Waals surface area contributed by atoms with Crippen molar-refractivity contribution in [2.45, 2.75) is 49.6 Å². The van der Waals surface area contributed by atoms with E-state index in [4.69, 9.17) is 4.98 Å². The van der Waals surface area contributed by atoms with Crippen LogP contribution in [-0.4, -0.2) is 44.7 Å². The van der Waals surface area contributed by atoms with E-state index in [0.29, 0.717) is 24.8 Å². The third-order valence-corrected chi connectivity index (χ3v) is 7.37. The number of amides is 3. The van der Waals surface area contributed by atoms with Crippen LogP contribution < -0.4 is 10.9 Å². The molecule has 2 aromatic rings. The van der Waals surface area contributed by atoms with Crippen LogP contribution in [0.2, 0.25) is 0 Å². The van der Waals surface area contributed by atoms with Gasteiger partial charge >= 0.3 is 6.03 Å². The SMILES string of the molecule is C=CCn1c(S[C@@H](C)C(=O)N2CCNC2=O)nc2sc3c(c2c1=O)CCCC3. The molecule has 3 heterocycles. The molecule has 0 spiro atoms. The molecule has 2 aromatic heterocycles. The van der Waals surface area contributed by atoms with Crippen LogP contribution in [0.1, 0.15) is 30.2 Å². The molecule has 0 bridgehead atoms. The first kappa shape index (κ1) is 19.2. The van der Waals surface area contributed by atoms with Gasteiger partial charge in [0.25, 0.3) is 5.56 Å². The fourth-order valence-electron chi connectivity index (χ4n) is 3.71. The molecule has 4 rings (SSSR count). The maximum absolute atomic E-state index is 13.2. The van der Waals surface area contributed by atoms with Gasteiger partial charge in [0, 0.05) is 24.5 Å². The summed E-state index contributed by atoms with van der Waals surface area (Å²) < 4.78 is 1.59. The minimum Gasteiger partial charge on any atom is -0.336 e. The van der Waals surface area contributed by atoms with E-state index in [2.05, 4.69) is 11.9 Å². The molecule has 9 heteroatoms. The van der Waals surface area contributed by atoms with Crippen molar-refractivity contribution < 1.29 is 9.59 Å². The number of fused-ring (bicyclic) bond motifs is 3. The van der Waals surface area contributed by atoms with Crippen molar-refractivity contribution in [2.75, 3.05) is 13.1 Å². The summed E-state index contributed by atoms with van der Waals surface area (Å²) in [6.07, 6.45) is 5.83. The standard InChI is InChI=1S/C19H22N4O3S2/c1-3-9-23-17(25)14-12-6-4-5-7-13(12)28-15(14)21-19(23)27-11(2)16(24)22-10-8-20-18(22)26/h3,11H,1,4-10H2,2H3,(H,20,26)/t11-/m0/s1. The molecule has 1 saturated heterocycles. The lowest BCUT2D eigenvalue weighted by molar-refractivity contribution is -0.126. The minimum absolute atomic E-state index is 0.0645. The maximum atomic E-state index is 13.2. The average Bonchev–Trinajstić information content (AvgIpc) is 3.27. The highest BCUT2D eigenvalue weighted by Gasteiger charge is 2.31. The normalized spacial score (nSPS) is 17.5. The van der Waals surface area contributed by atoms with Crippen molar-refractivity contribution in [3.05, 3.63) is 33.4 Å². The number of imide groups is 1. The highest BCUT2D eigenvalue weighted by molar-refractivity contribution is 8.00. The number of carbonyl (C=O) groups excluding carboxylic acids is 2. The third kappa shape index (κ3) is 3.26. The van der Waals surface area contributed by atoms with Crippen molar-refractivity contribution in [3.8, 4) is 0 Å². The lowest BCUT2D eigenvalue weighted by atomic mass is 9.97. The molecule has 1 atom stereocenters. The second kappa shape index (κ2) is 7.71. The highest BCUT2D eigenvalue weighted by atomic mass is 32.2. The molecule has 2 aliphatic rings. The van der Waals surface area contributed by atoms with Crippen LogP contribution in [0.25, 0.3) is 10.2 Å². The van der Waals surface area contributed by atoms with Crippen LogP contribution in [0, 0.1) is 0 Å². The van der Waals surface area contributed by atoms with Crippen LogP contribution >= 0.6 is 23.1 Å². The van der Waals surface area contributed by atoms with Gasteiger partial charge in [0.15, 0.2) is 5.16 Å². The molecule has 28 heavy (non-hydrogen) atoms. The number of rotatable bonds is 5. The Labute approximate surface area is 170 Å². The van der Waals surface area contributed by atoms with Crippen molar-refractivity contribution in [2.24, 2.45) is 0 Å². The topological polar surface area (TPSA) is 84.3 Å². The number of aryl methyl sites for hydroxylation is 2. The summed E-state index contributed by atoms with van der Waals surface area (Å²) in [6.45, 7) is 6.67. The van der Waals surface area contributed by atoms with Gasteiger partial charge in [-0.15, -0.1) is 17.9 Å². The van der Waals surface area contributed by atoms with E-state index in [1.165, 1.54) is 21.5 Å². The quantitative estimate of drug-likeness (QED) is 0.458. The molecule has 3 amide bonds. The van der Waals surface area contributed by atoms with Crippen LogP contribution in [0.5, 0.6) is 0 Å². The molecular weight excluding hydrogens is 396 g/mol. The minimum atomic E-state index is -0.529. The van der Waals surface area contributed by atoms with Crippen molar-refractivity contribution >= 4 is 45.3 Å². The van der Waals surface area contributed by atoms with E-state index >= 15 is 0 Å². The Hall–Kier alpha value is -2.13. The number of aromatic nitrogens is 2. The number of hydrogen-bond donors (Lipinski definition) is 1. The third-order valence-electron chi connectivity index (χ3n) is 5.10. The molecule has 1 aliphatic heterocycles. The molecule has 1 aliphatic carbocycles. The van der Waals surface area contributed by atoms with Gasteiger partial charge in [-0.25, -0.2) is 9.78 Å². The van der Waals surface area contributed by atoms with Gasteiger partial charge in [-0.2, -0.15) is 0 Å². The second-order valence-electron chi connectivity index (χ2n) is 6.97. The van der Waals surface area contributed by atoms with Gasteiger partial charge in [0.2, 0.25) is 5.91 Å². The Balaban J connectivity index is 1.72. The summed E-state index contributed by atoms with van der Waals surface area (Å²) in [5.74, 6) is -0.273. The van der Waals surface area contributed by atoms with Gasteiger partial charge in [-0.3, -0.25) is 19.1 Å². The van der Waals surface area contributed by atoms with Crippen molar-refractivity contribution in [3.63, 3.8) is 0 Å². The lowest BCUT2D eigenvalue weighted by Gasteiger charge is -2.18. The van der Waals surface area contributed by atoms with Crippen molar-refractivity contribution in [1.82, 2.24) is 19.8 Å². The predicted octanol–water partition coefficient (Wildman–Crippen LogP) is 2.56. The number of urea groups is 1. The molecule has 1 fully saturated rings. The first-order valence-corrected chi connectivity index (χ1v) is 11.1. The Morgan fingerprint density at radius 3 is 2.89 bits per heavy atom. The zero-order valence-electron chi connectivity index (χ0n) is 15.7. The number of hydrogen-bond acceptors (Lipinski definition) is 6. The predicted molar refractivity (Wildman–Crippen MR) is 111 cm³/mol. The van der Waals surface area contributed by atoms with Crippen LogP contribution in [0.3, 0.4) is 0 Å². The van der Waals surface area contributed by atoms with Gasteiger partial charge in [0.05, 0.1) is 10.6 Å². The zero-order valence-corrected chi connectivity index (χ0v) is 17.3. The number of thiophene rings is 1.